The summed E-state index contributed by atoms with van der Waals surface area (Å²) in [6.45, 7) is 5.63. The van der Waals surface area contributed by atoms with E-state index in [1.807, 2.05) is 25.1 Å². The maximum Gasteiger partial charge on any atom is 0.345 e. The number of carbonyl (C=O) groups excluding carboxylic acids is 1. The average Bonchev–Trinajstić information content (AvgIpc) is 3.56. The third-order valence-electron chi connectivity index (χ3n) is 6.19. The van der Waals surface area contributed by atoms with Crippen molar-refractivity contribution < 1.29 is 24.2 Å². The number of carbonyl (C=O) groups is 2. The van der Waals surface area contributed by atoms with E-state index in [2.05, 4.69) is 20.2 Å². The van der Waals surface area contributed by atoms with Crippen LogP contribution in [0.25, 0.3) is 17.1 Å². The molecule has 3 N–H and O–H groups in total. The molecule has 0 atom stereocenters. The number of aromatic nitrogens is 2. The van der Waals surface area contributed by atoms with Gasteiger partial charge in [0.05, 0.1) is 0 Å². The van der Waals surface area contributed by atoms with Gasteiger partial charge >= 0.3 is 5.97 Å². The van der Waals surface area contributed by atoms with E-state index in [0.717, 1.165) is 36.3 Å². The quantitative estimate of drug-likeness (QED) is 0.334. The maximum absolute atomic E-state index is 12.9. The first-order valence-corrected chi connectivity index (χ1v) is 11.6. The van der Waals surface area contributed by atoms with E-state index < -0.39 is 17.3 Å². The van der Waals surface area contributed by atoms with E-state index in [9.17, 15) is 14.7 Å². The van der Waals surface area contributed by atoms with Gasteiger partial charge in [0.25, 0.3) is 0 Å². The lowest BCUT2D eigenvalue weighted by atomic mass is 10.1. The fourth-order valence-electron chi connectivity index (χ4n) is 4.34. The number of hydrogen-bond donors (Lipinski definition) is 3. The van der Waals surface area contributed by atoms with Gasteiger partial charge in [-0.1, -0.05) is 0 Å². The number of ketones is 1. The van der Waals surface area contributed by atoms with Crippen molar-refractivity contribution in [3.8, 4) is 5.75 Å². The Bertz CT molecular complexity index is 1350. The van der Waals surface area contributed by atoms with E-state index in [4.69, 9.17) is 9.47 Å². The monoisotopic (exact) mass is 474 g/mol. The van der Waals surface area contributed by atoms with E-state index in [1.54, 1.807) is 24.5 Å². The van der Waals surface area contributed by atoms with Crippen LogP contribution in [0.15, 0.2) is 59.9 Å². The molecule has 2 aliphatic heterocycles. The van der Waals surface area contributed by atoms with Crippen molar-refractivity contribution in [2.75, 3.05) is 31.6 Å². The van der Waals surface area contributed by atoms with Crippen molar-refractivity contribution in [1.82, 2.24) is 14.9 Å². The minimum Gasteiger partial charge on any atom is -0.492 e. The van der Waals surface area contributed by atoms with Crippen molar-refractivity contribution in [2.45, 2.75) is 19.8 Å². The summed E-state index contributed by atoms with van der Waals surface area (Å²) in [7, 11) is 0. The third kappa shape index (κ3) is 4.76. The molecule has 0 spiro atoms. The Hall–Kier alpha value is -4.11. The van der Waals surface area contributed by atoms with E-state index in [-0.39, 0.29) is 11.6 Å². The topological polar surface area (TPSA) is 117 Å². The fourth-order valence-corrected chi connectivity index (χ4v) is 4.34. The SMILES string of the molecule is Cc1cc(OCCN2CCCC2)ccc1NC1=C(C(=O)O)C(=O)/C(=C/c2c[nH]c3ncccc23)O1. The molecule has 3 aromatic rings. The van der Waals surface area contributed by atoms with Gasteiger partial charge in [0.1, 0.15) is 18.0 Å². The number of likely N-dealkylation sites (tertiary alicyclic amines) is 1. The van der Waals surface area contributed by atoms with Gasteiger partial charge in [-0.05, 0) is 74.8 Å². The molecule has 4 heterocycles. The van der Waals surface area contributed by atoms with E-state index in [0.29, 0.717) is 23.5 Å². The van der Waals surface area contributed by atoms with Crippen molar-refractivity contribution in [1.29, 1.82) is 0 Å². The summed E-state index contributed by atoms with van der Waals surface area (Å²) < 4.78 is 11.6. The number of anilines is 1. The second-order valence-corrected chi connectivity index (χ2v) is 8.59. The Balaban J connectivity index is 1.31. The van der Waals surface area contributed by atoms with E-state index in [1.165, 1.54) is 18.9 Å². The first-order chi connectivity index (χ1) is 17.0. The van der Waals surface area contributed by atoms with Gasteiger partial charge in [-0.3, -0.25) is 9.69 Å². The highest BCUT2D eigenvalue weighted by Gasteiger charge is 2.36. The number of hydrogen-bond acceptors (Lipinski definition) is 7. The predicted molar refractivity (Wildman–Crippen MR) is 131 cm³/mol. The number of H-pyrrole nitrogens is 1. The number of aromatic amines is 1. The zero-order valence-electron chi connectivity index (χ0n) is 19.3. The molecule has 9 heteroatoms. The number of nitrogens with zero attached hydrogens (tertiary/aromatic N) is 2. The number of aryl methyl sites for hydroxylation is 1. The van der Waals surface area contributed by atoms with Crippen LogP contribution in [0.4, 0.5) is 5.69 Å². The normalized spacial score (nSPS) is 17.4. The van der Waals surface area contributed by atoms with Gasteiger partial charge in [-0.15, -0.1) is 0 Å². The average molecular weight is 475 g/mol. The molecule has 0 aliphatic carbocycles. The molecule has 0 unspecified atom stereocenters. The molecule has 2 aliphatic rings. The van der Waals surface area contributed by atoms with Crippen LogP contribution in [-0.2, 0) is 14.3 Å². The first kappa shape index (κ1) is 22.7. The number of rotatable bonds is 8. The highest BCUT2D eigenvalue weighted by molar-refractivity contribution is 6.26. The Kier molecular flexibility index (Phi) is 6.24. The lowest BCUT2D eigenvalue weighted by molar-refractivity contribution is -0.134. The molecular formula is C26H26N4O5. The second-order valence-electron chi connectivity index (χ2n) is 8.59. The summed E-state index contributed by atoms with van der Waals surface area (Å²) in [5.74, 6) is -1.51. The number of carboxylic acid groups (broad SMARTS) is 1. The van der Waals surface area contributed by atoms with Crippen LogP contribution >= 0.6 is 0 Å². The first-order valence-electron chi connectivity index (χ1n) is 11.6. The number of fused-ring (bicyclic) bond motifs is 1. The molecule has 1 fully saturated rings. The summed E-state index contributed by atoms with van der Waals surface area (Å²) in [6.07, 6.45) is 7.36. The molecule has 1 saturated heterocycles. The summed E-state index contributed by atoms with van der Waals surface area (Å²) >= 11 is 0. The Morgan fingerprint density at radius 2 is 2.14 bits per heavy atom. The number of carboxylic acids is 1. The molecule has 5 rings (SSSR count). The second kappa shape index (κ2) is 9.63. The van der Waals surface area contributed by atoms with Crippen molar-refractivity contribution in [3.05, 3.63) is 71.1 Å². The molecule has 0 radical (unpaired) electrons. The number of ether oxygens (including phenoxy) is 2. The van der Waals surface area contributed by atoms with E-state index >= 15 is 0 Å². The van der Waals surface area contributed by atoms with Gasteiger partial charge in [0.2, 0.25) is 11.7 Å². The highest BCUT2D eigenvalue weighted by Crippen LogP contribution is 2.31. The van der Waals surface area contributed by atoms with Crippen LogP contribution in [0.3, 0.4) is 0 Å². The van der Waals surface area contributed by atoms with Gasteiger partial charge in [0, 0.05) is 35.6 Å². The number of benzene rings is 1. The van der Waals surface area contributed by atoms with Crippen LogP contribution in [0.1, 0.15) is 24.0 Å². The third-order valence-corrected chi connectivity index (χ3v) is 6.19. The van der Waals surface area contributed by atoms with Crippen molar-refractivity contribution in [2.24, 2.45) is 0 Å². The lowest BCUT2D eigenvalue weighted by Crippen LogP contribution is -2.25. The number of aliphatic carboxylic acids is 1. The van der Waals surface area contributed by atoms with Gasteiger partial charge in [-0.2, -0.15) is 0 Å². The van der Waals surface area contributed by atoms with Crippen LogP contribution in [0.2, 0.25) is 0 Å². The zero-order valence-corrected chi connectivity index (χ0v) is 19.3. The fraction of sp³-hybridized carbons (Fsp3) is 0.269. The molecule has 180 valence electrons. The van der Waals surface area contributed by atoms with Crippen LogP contribution in [0.5, 0.6) is 5.75 Å². The molecule has 0 bridgehead atoms. The Morgan fingerprint density at radius 1 is 1.31 bits per heavy atom. The molecule has 0 amide bonds. The Morgan fingerprint density at radius 3 is 2.91 bits per heavy atom. The zero-order chi connectivity index (χ0) is 24.4. The van der Waals surface area contributed by atoms with Gasteiger partial charge in [0.15, 0.2) is 11.3 Å². The number of allylic oxidation sites excluding steroid dienone is 1. The number of Topliss-reactive ketones (excluding diaryl/α,β-unsaturated/α-hetero) is 1. The Labute approximate surface area is 202 Å². The van der Waals surface area contributed by atoms with Crippen LogP contribution in [-0.4, -0.2) is 58.0 Å². The van der Waals surface area contributed by atoms with Crippen molar-refractivity contribution in [3.63, 3.8) is 0 Å². The smallest absolute Gasteiger partial charge is 0.345 e. The predicted octanol–water partition coefficient (Wildman–Crippen LogP) is 3.69. The molecule has 2 aromatic heterocycles. The lowest BCUT2D eigenvalue weighted by Gasteiger charge is -2.16. The van der Waals surface area contributed by atoms with Crippen molar-refractivity contribution >= 4 is 34.5 Å². The summed E-state index contributed by atoms with van der Waals surface area (Å²) in [5, 5.41) is 13.5. The number of pyridine rings is 1. The highest BCUT2D eigenvalue weighted by atomic mass is 16.5. The van der Waals surface area contributed by atoms with Gasteiger partial charge in [-0.25, -0.2) is 9.78 Å². The summed E-state index contributed by atoms with van der Waals surface area (Å²) in [5.41, 5.74) is 2.34. The summed E-state index contributed by atoms with van der Waals surface area (Å²) in [4.78, 5) is 34.4. The largest absolute Gasteiger partial charge is 0.492 e. The molecule has 1 aromatic carbocycles. The molecule has 9 nitrogen and oxygen atoms in total. The maximum atomic E-state index is 12.9. The minimum atomic E-state index is -1.36. The summed E-state index contributed by atoms with van der Waals surface area (Å²) in [6, 6.07) is 9.11. The molecule has 35 heavy (non-hydrogen) atoms. The molecule has 0 saturated carbocycles. The van der Waals surface area contributed by atoms with Crippen LogP contribution < -0.4 is 10.1 Å². The molecular weight excluding hydrogens is 448 g/mol. The van der Waals surface area contributed by atoms with Crippen LogP contribution in [0, 0.1) is 6.92 Å². The minimum absolute atomic E-state index is 0.0748. The van der Waals surface area contributed by atoms with Gasteiger partial charge < -0.3 is 24.9 Å². The standard InChI is InChI=1S/C26H26N4O5/c1-16-13-18(34-12-11-30-9-2-3-10-30)6-7-20(16)29-25-22(26(32)33)23(31)21(35-25)14-17-15-28-24-19(17)5-4-8-27-24/h4-8,13-15,29H,2-3,9-12H2,1H3,(H,27,28)(H,32,33)/b21-14-. The number of nitrogens with one attached hydrogen (secondary N) is 2.